The Morgan fingerprint density at radius 3 is 2.48 bits per heavy atom. The first-order valence-electron chi connectivity index (χ1n) is 7.08. The number of carbonyl (C=O) groups is 1. The molecule has 0 spiro atoms. The number of aliphatic hydroxyl groups is 1. The van der Waals surface area contributed by atoms with Gasteiger partial charge in [0.05, 0.1) is 4.92 Å². The Labute approximate surface area is 122 Å². The van der Waals surface area contributed by atoms with E-state index in [9.17, 15) is 20.0 Å². The van der Waals surface area contributed by atoms with Crippen molar-refractivity contribution >= 4 is 11.7 Å². The standard InChI is InChI=1S/C15H19NO5/c1-15(19,14(17)18)11-7-8-12(13(9-11)16(20)21)10-5-3-2-4-6-10/h7-10,19H,2-6H2,1H3,(H,17,18). The number of carboxylic acids is 1. The Morgan fingerprint density at radius 1 is 1.33 bits per heavy atom. The summed E-state index contributed by atoms with van der Waals surface area (Å²) in [7, 11) is 0. The number of carboxylic acid groups (broad SMARTS) is 1. The number of aliphatic carboxylic acids is 1. The van der Waals surface area contributed by atoms with E-state index in [1.165, 1.54) is 12.1 Å². The Hall–Kier alpha value is -1.95. The first-order chi connectivity index (χ1) is 9.84. The normalized spacial score (nSPS) is 19.0. The third-order valence-electron chi connectivity index (χ3n) is 4.25. The zero-order valence-electron chi connectivity index (χ0n) is 11.9. The Morgan fingerprint density at radius 2 is 1.95 bits per heavy atom. The van der Waals surface area contributed by atoms with Crippen LogP contribution in [0.4, 0.5) is 5.69 Å². The van der Waals surface area contributed by atoms with E-state index in [0.29, 0.717) is 5.56 Å². The zero-order valence-corrected chi connectivity index (χ0v) is 11.9. The highest BCUT2D eigenvalue weighted by molar-refractivity contribution is 5.79. The summed E-state index contributed by atoms with van der Waals surface area (Å²) in [5.41, 5.74) is -1.55. The lowest BCUT2D eigenvalue weighted by molar-refractivity contribution is -0.385. The van der Waals surface area contributed by atoms with Gasteiger partial charge in [0.15, 0.2) is 5.60 Å². The molecule has 21 heavy (non-hydrogen) atoms. The maximum Gasteiger partial charge on any atom is 0.340 e. The molecule has 6 nitrogen and oxygen atoms in total. The molecule has 0 aromatic heterocycles. The second kappa shape index (κ2) is 5.81. The van der Waals surface area contributed by atoms with Crippen molar-refractivity contribution in [3.8, 4) is 0 Å². The monoisotopic (exact) mass is 293 g/mol. The first kappa shape index (κ1) is 15.4. The summed E-state index contributed by atoms with van der Waals surface area (Å²) in [5, 5.41) is 30.3. The van der Waals surface area contributed by atoms with Crippen LogP contribution in [0.15, 0.2) is 18.2 Å². The van der Waals surface area contributed by atoms with Crippen molar-refractivity contribution in [1.82, 2.24) is 0 Å². The van der Waals surface area contributed by atoms with E-state index in [4.69, 9.17) is 5.11 Å². The molecule has 0 amide bonds. The summed E-state index contributed by atoms with van der Waals surface area (Å²) in [6, 6.07) is 4.27. The fourth-order valence-electron chi connectivity index (χ4n) is 2.89. The third kappa shape index (κ3) is 3.05. The quantitative estimate of drug-likeness (QED) is 0.656. The minimum absolute atomic E-state index is 0.0289. The highest BCUT2D eigenvalue weighted by atomic mass is 16.6. The van der Waals surface area contributed by atoms with Crippen LogP contribution >= 0.6 is 0 Å². The fourth-order valence-corrected chi connectivity index (χ4v) is 2.89. The van der Waals surface area contributed by atoms with E-state index >= 15 is 0 Å². The maximum atomic E-state index is 11.3. The second-order valence-corrected chi connectivity index (χ2v) is 5.74. The van der Waals surface area contributed by atoms with Crippen molar-refractivity contribution < 1.29 is 19.9 Å². The van der Waals surface area contributed by atoms with Crippen molar-refractivity contribution in [2.75, 3.05) is 0 Å². The highest BCUT2D eigenvalue weighted by Crippen LogP contribution is 2.38. The van der Waals surface area contributed by atoms with E-state index < -0.39 is 16.5 Å². The molecule has 0 bridgehead atoms. The summed E-state index contributed by atoms with van der Waals surface area (Å²) >= 11 is 0. The van der Waals surface area contributed by atoms with Gasteiger partial charge in [-0.05, 0) is 25.7 Å². The minimum Gasteiger partial charge on any atom is -0.479 e. The van der Waals surface area contributed by atoms with Gasteiger partial charge in [-0.1, -0.05) is 31.4 Å². The summed E-state index contributed by atoms with van der Waals surface area (Å²) < 4.78 is 0. The van der Waals surface area contributed by atoms with Gasteiger partial charge < -0.3 is 10.2 Å². The predicted octanol–water partition coefficient (Wildman–Crippen LogP) is 2.93. The Balaban J connectivity index is 2.44. The summed E-state index contributed by atoms with van der Waals surface area (Å²) in [4.78, 5) is 21.9. The summed E-state index contributed by atoms with van der Waals surface area (Å²) in [6.45, 7) is 1.12. The molecule has 0 aliphatic heterocycles. The Bertz CT molecular complexity index is 561. The second-order valence-electron chi connectivity index (χ2n) is 5.74. The molecular weight excluding hydrogens is 274 g/mol. The van der Waals surface area contributed by atoms with Gasteiger partial charge in [0.25, 0.3) is 5.69 Å². The molecule has 6 heteroatoms. The molecule has 0 heterocycles. The van der Waals surface area contributed by atoms with Crippen LogP contribution in [-0.4, -0.2) is 21.1 Å². The molecule has 2 rings (SSSR count). The molecule has 1 fully saturated rings. The van der Waals surface area contributed by atoms with Gasteiger partial charge in [-0.25, -0.2) is 4.79 Å². The molecule has 114 valence electrons. The minimum atomic E-state index is -2.13. The lowest BCUT2D eigenvalue weighted by atomic mass is 9.82. The van der Waals surface area contributed by atoms with Crippen molar-refractivity contribution in [2.45, 2.75) is 50.5 Å². The lowest BCUT2D eigenvalue weighted by Crippen LogP contribution is -2.31. The topological polar surface area (TPSA) is 101 Å². The molecule has 1 aromatic rings. The number of nitrogens with zero attached hydrogens (tertiary/aromatic N) is 1. The van der Waals surface area contributed by atoms with Crippen LogP contribution in [0.25, 0.3) is 0 Å². The molecule has 2 N–H and O–H groups in total. The summed E-state index contributed by atoms with van der Waals surface area (Å²) in [5.74, 6) is -1.29. The number of rotatable bonds is 4. The predicted molar refractivity (Wildman–Crippen MR) is 76.1 cm³/mol. The van der Waals surface area contributed by atoms with Gasteiger partial charge in [0, 0.05) is 17.2 Å². The van der Waals surface area contributed by atoms with Crippen molar-refractivity contribution in [3.63, 3.8) is 0 Å². The van der Waals surface area contributed by atoms with Gasteiger partial charge in [0.1, 0.15) is 0 Å². The SMILES string of the molecule is CC(O)(C(=O)O)c1ccc(C2CCCCC2)c([N+](=O)[O-])c1. The van der Waals surface area contributed by atoms with Crippen molar-refractivity contribution in [3.05, 3.63) is 39.4 Å². The maximum absolute atomic E-state index is 11.3. The van der Waals surface area contributed by atoms with Gasteiger partial charge in [-0.2, -0.15) is 0 Å². The smallest absolute Gasteiger partial charge is 0.340 e. The molecular formula is C15H19NO5. The Kier molecular flexibility index (Phi) is 4.27. The van der Waals surface area contributed by atoms with Crippen LogP contribution in [0.3, 0.4) is 0 Å². The lowest BCUT2D eigenvalue weighted by Gasteiger charge is -2.23. The average Bonchev–Trinajstić information content (AvgIpc) is 2.47. The van der Waals surface area contributed by atoms with Crippen LogP contribution in [0.5, 0.6) is 0 Å². The third-order valence-corrected chi connectivity index (χ3v) is 4.25. The molecule has 1 saturated carbocycles. The van der Waals surface area contributed by atoms with Crippen molar-refractivity contribution in [2.24, 2.45) is 0 Å². The van der Waals surface area contributed by atoms with E-state index in [1.807, 2.05) is 0 Å². The summed E-state index contributed by atoms with van der Waals surface area (Å²) in [6.07, 6.45) is 5.08. The molecule has 1 aliphatic carbocycles. The molecule has 1 aromatic carbocycles. The number of nitro groups is 1. The molecule has 0 radical (unpaired) electrons. The number of hydrogen-bond donors (Lipinski definition) is 2. The van der Waals surface area contributed by atoms with Crippen LogP contribution < -0.4 is 0 Å². The van der Waals surface area contributed by atoms with E-state index in [2.05, 4.69) is 0 Å². The molecule has 1 unspecified atom stereocenters. The van der Waals surface area contributed by atoms with Gasteiger partial charge in [-0.3, -0.25) is 10.1 Å². The van der Waals surface area contributed by atoms with E-state index in [-0.39, 0.29) is 17.2 Å². The van der Waals surface area contributed by atoms with Crippen LogP contribution in [0.2, 0.25) is 0 Å². The molecule has 1 aliphatic rings. The van der Waals surface area contributed by atoms with Gasteiger partial charge in [-0.15, -0.1) is 0 Å². The largest absolute Gasteiger partial charge is 0.479 e. The van der Waals surface area contributed by atoms with Crippen LogP contribution in [0, 0.1) is 10.1 Å². The number of benzene rings is 1. The average molecular weight is 293 g/mol. The number of nitro benzene ring substituents is 1. The van der Waals surface area contributed by atoms with Crippen LogP contribution in [-0.2, 0) is 10.4 Å². The highest BCUT2D eigenvalue weighted by Gasteiger charge is 2.35. The zero-order chi connectivity index (χ0) is 15.6. The molecule has 1 atom stereocenters. The first-order valence-corrected chi connectivity index (χ1v) is 7.08. The number of hydrogen-bond acceptors (Lipinski definition) is 4. The van der Waals surface area contributed by atoms with Crippen molar-refractivity contribution in [1.29, 1.82) is 0 Å². The fraction of sp³-hybridized carbons (Fsp3) is 0.533. The van der Waals surface area contributed by atoms with Gasteiger partial charge >= 0.3 is 5.97 Å². The van der Waals surface area contributed by atoms with E-state index in [1.54, 1.807) is 6.07 Å². The van der Waals surface area contributed by atoms with Gasteiger partial charge in [0.2, 0.25) is 0 Å². The van der Waals surface area contributed by atoms with Crippen LogP contribution in [0.1, 0.15) is 56.1 Å². The van der Waals surface area contributed by atoms with E-state index in [0.717, 1.165) is 39.0 Å². The molecule has 0 saturated heterocycles.